The van der Waals surface area contributed by atoms with Crippen molar-refractivity contribution in [3.8, 4) is 0 Å². The van der Waals surface area contributed by atoms with Gasteiger partial charge >= 0.3 is 17.1 Å². The van der Waals surface area contributed by atoms with Gasteiger partial charge in [-0.05, 0) is 19.3 Å². The minimum atomic E-state index is -0.549. The number of nitrogens with zero attached hydrogens (tertiary/aromatic N) is 3. The topological polar surface area (TPSA) is 91.1 Å². The first-order valence-electron chi connectivity index (χ1n) is 7.34. The molecular formula is C13H17N3O5. The summed E-state index contributed by atoms with van der Waals surface area (Å²) in [7, 11) is 0. The Bertz CT molecular complexity index is 681. The number of ether oxygens (including phenoxy) is 2. The van der Waals surface area contributed by atoms with E-state index in [2.05, 4.69) is 0 Å². The minimum Gasteiger partial charge on any atom is -0.371 e. The van der Waals surface area contributed by atoms with Gasteiger partial charge in [0.25, 0.3) is 0 Å². The van der Waals surface area contributed by atoms with Crippen molar-refractivity contribution in [2.75, 3.05) is 13.2 Å². The van der Waals surface area contributed by atoms with Gasteiger partial charge in [-0.15, -0.1) is 0 Å². The molecule has 0 N–H and O–H groups in total. The van der Waals surface area contributed by atoms with E-state index in [1.807, 2.05) is 0 Å². The van der Waals surface area contributed by atoms with Gasteiger partial charge in [-0.25, -0.2) is 28.1 Å². The Morgan fingerprint density at radius 1 is 0.857 bits per heavy atom. The lowest BCUT2D eigenvalue weighted by Crippen LogP contribution is -2.57. The van der Waals surface area contributed by atoms with E-state index in [1.54, 1.807) is 0 Å². The van der Waals surface area contributed by atoms with Gasteiger partial charge in [-0.2, -0.15) is 0 Å². The van der Waals surface area contributed by atoms with E-state index in [9.17, 15) is 14.4 Å². The number of rotatable bonds is 5. The van der Waals surface area contributed by atoms with Crippen LogP contribution in [0.2, 0.25) is 0 Å². The molecule has 2 aliphatic heterocycles. The molecule has 3 aliphatic rings. The normalized spacial score (nSPS) is 27.4. The summed E-state index contributed by atoms with van der Waals surface area (Å²) in [6.45, 7) is 1.55. The second-order valence-corrected chi connectivity index (χ2v) is 5.93. The second kappa shape index (κ2) is 4.67. The van der Waals surface area contributed by atoms with Crippen LogP contribution in [0.5, 0.6) is 0 Å². The molecule has 0 aromatic carbocycles. The zero-order valence-electron chi connectivity index (χ0n) is 11.6. The van der Waals surface area contributed by atoms with Gasteiger partial charge < -0.3 is 9.47 Å². The SMILES string of the molecule is O=c1n(CC2CO2)c(=O)n(C2CCC2)c(=O)n1CC1CO1. The lowest BCUT2D eigenvalue weighted by atomic mass is 9.93. The maximum atomic E-state index is 12.5. The van der Waals surface area contributed by atoms with Gasteiger partial charge in [0.1, 0.15) is 0 Å². The van der Waals surface area contributed by atoms with Crippen LogP contribution in [0.25, 0.3) is 0 Å². The van der Waals surface area contributed by atoms with E-state index in [4.69, 9.17) is 9.47 Å². The highest BCUT2D eigenvalue weighted by molar-refractivity contribution is 4.89. The molecule has 21 heavy (non-hydrogen) atoms. The average Bonchev–Trinajstić information content (AvgIpc) is 3.28. The minimum absolute atomic E-state index is 0.0802. The molecule has 3 fully saturated rings. The summed E-state index contributed by atoms with van der Waals surface area (Å²) < 4.78 is 13.7. The first-order chi connectivity index (χ1) is 10.1. The molecule has 114 valence electrons. The Morgan fingerprint density at radius 2 is 1.33 bits per heavy atom. The molecule has 2 unspecified atom stereocenters. The van der Waals surface area contributed by atoms with Crippen molar-refractivity contribution in [2.45, 2.75) is 50.6 Å². The van der Waals surface area contributed by atoms with Crippen LogP contribution in [0.3, 0.4) is 0 Å². The molecule has 1 saturated carbocycles. The van der Waals surface area contributed by atoms with E-state index < -0.39 is 17.1 Å². The molecule has 1 aromatic rings. The molecule has 2 atom stereocenters. The van der Waals surface area contributed by atoms with Crippen molar-refractivity contribution in [2.24, 2.45) is 0 Å². The zero-order chi connectivity index (χ0) is 14.6. The van der Waals surface area contributed by atoms with Crippen LogP contribution in [-0.4, -0.2) is 39.1 Å². The molecule has 1 aromatic heterocycles. The van der Waals surface area contributed by atoms with Crippen LogP contribution in [0, 0.1) is 0 Å². The molecule has 0 bridgehead atoms. The molecule has 0 radical (unpaired) electrons. The molecule has 8 heteroatoms. The van der Waals surface area contributed by atoms with E-state index >= 15 is 0 Å². The van der Waals surface area contributed by atoms with Crippen molar-refractivity contribution in [1.82, 2.24) is 13.7 Å². The monoisotopic (exact) mass is 295 g/mol. The Kier molecular flexibility index (Phi) is 2.90. The highest BCUT2D eigenvalue weighted by Crippen LogP contribution is 2.28. The van der Waals surface area contributed by atoms with Gasteiger partial charge in [0.05, 0.1) is 38.5 Å². The third-order valence-electron chi connectivity index (χ3n) is 4.35. The third-order valence-corrected chi connectivity index (χ3v) is 4.35. The van der Waals surface area contributed by atoms with Crippen molar-refractivity contribution in [3.63, 3.8) is 0 Å². The molecular weight excluding hydrogens is 278 g/mol. The molecule has 4 rings (SSSR count). The summed E-state index contributed by atoms with van der Waals surface area (Å²) in [6.07, 6.45) is 2.45. The summed E-state index contributed by atoms with van der Waals surface area (Å²) in [5, 5.41) is 0. The number of epoxide rings is 2. The molecule has 2 saturated heterocycles. The molecule has 1 aliphatic carbocycles. The predicted octanol–water partition coefficient (Wildman–Crippen LogP) is -1.31. The predicted molar refractivity (Wildman–Crippen MR) is 71.6 cm³/mol. The number of hydrogen-bond acceptors (Lipinski definition) is 5. The lowest BCUT2D eigenvalue weighted by Gasteiger charge is -2.27. The first kappa shape index (κ1) is 13.0. The van der Waals surface area contributed by atoms with Crippen LogP contribution >= 0.6 is 0 Å². The van der Waals surface area contributed by atoms with Crippen LogP contribution in [0.15, 0.2) is 14.4 Å². The zero-order valence-corrected chi connectivity index (χ0v) is 11.6. The molecule has 0 spiro atoms. The van der Waals surface area contributed by atoms with Gasteiger partial charge in [0.2, 0.25) is 0 Å². The van der Waals surface area contributed by atoms with Crippen LogP contribution in [0.4, 0.5) is 0 Å². The van der Waals surface area contributed by atoms with Crippen molar-refractivity contribution < 1.29 is 9.47 Å². The van der Waals surface area contributed by atoms with Crippen LogP contribution in [-0.2, 0) is 22.6 Å². The third kappa shape index (κ3) is 2.28. The van der Waals surface area contributed by atoms with Crippen molar-refractivity contribution in [3.05, 3.63) is 31.5 Å². The van der Waals surface area contributed by atoms with Crippen molar-refractivity contribution in [1.29, 1.82) is 0 Å². The average molecular weight is 295 g/mol. The van der Waals surface area contributed by atoms with Gasteiger partial charge in [0, 0.05) is 6.04 Å². The first-order valence-corrected chi connectivity index (χ1v) is 7.34. The van der Waals surface area contributed by atoms with Gasteiger partial charge in [-0.1, -0.05) is 0 Å². The molecule has 0 amide bonds. The van der Waals surface area contributed by atoms with Crippen LogP contribution in [0.1, 0.15) is 25.3 Å². The van der Waals surface area contributed by atoms with E-state index in [1.165, 1.54) is 4.57 Å². The highest BCUT2D eigenvalue weighted by atomic mass is 16.6. The largest absolute Gasteiger partial charge is 0.371 e. The molecule has 3 heterocycles. The number of aromatic nitrogens is 3. The Hall–Kier alpha value is -1.67. The van der Waals surface area contributed by atoms with E-state index in [0.29, 0.717) is 13.2 Å². The summed E-state index contributed by atoms with van der Waals surface area (Å²) >= 11 is 0. The Labute approximate surface area is 119 Å². The lowest BCUT2D eigenvalue weighted by molar-refractivity contribution is 0.263. The summed E-state index contributed by atoms with van der Waals surface area (Å²) in [5.41, 5.74) is -1.55. The van der Waals surface area contributed by atoms with Gasteiger partial charge in [-0.3, -0.25) is 0 Å². The fraction of sp³-hybridized carbons (Fsp3) is 0.769. The van der Waals surface area contributed by atoms with Crippen molar-refractivity contribution >= 4 is 0 Å². The van der Waals surface area contributed by atoms with E-state index in [-0.39, 0.29) is 31.3 Å². The second-order valence-electron chi connectivity index (χ2n) is 5.93. The summed E-state index contributed by atoms with van der Waals surface area (Å²) in [5.74, 6) is 0. The highest BCUT2D eigenvalue weighted by Gasteiger charge is 2.32. The number of hydrogen-bond donors (Lipinski definition) is 0. The quantitative estimate of drug-likeness (QED) is 0.629. The summed E-state index contributed by atoms with van der Waals surface area (Å²) in [4.78, 5) is 37.4. The maximum Gasteiger partial charge on any atom is 0.336 e. The molecule has 8 nitrogen and oxygen atoms in total. The summed E-state index contributed by atoms with van der Waals surface area (Å²) in [6, 6.07) is -0.0802. The standard InChI is InChI=1S/C13H17N3O5/c17-11-14(4-9-6-20-9)12(18)16(8-2-1-3-8)13(19)15(11)5-10-7-21-10/h8-10H,1-7H2. The fourth-order valence-corrected chi connectivity index (χ4v) is 2.68. The Morgan fingerprint density at radius 3 is 1.67 bits per heavy atom. The smallest absolute Gasteiger partial charge is 0.336 e. The maximum absolute atomic E-state index is 12.5. The van der Waals surface area contributed by atoms with E-state index in [0.717, 1.165) is 28.4 Å². The Balaban J connectivity index is 1.85. The fourth-order valence-electron chi connectivity index (χ4n) is 2.68. The van der Waals surface area contributed by atoms with Gasteiger partial charge in [0.15, 0.2) is 0 Å². The van der Waals surface area contributed by atoms with Crippen LogP contribution < -0.4 is 17.1 Å².